The van der Waals surface area contributed by atoms with Crippen molar-refractivity contribution in [2.75, 3.05) is 59.5 Å². The maximum absolute atomic E-state index is 15.2. The van der Waals surface area contributed by atoms with Crippen molar-refractivity contribution in [1.29, 1.82) is 0 Å². The van der Waals surface area contributed by atoms with Gasteiger partial charge in [0.2, 0.25) is 5.60 Å². The van der Waals surface area contributed by atoms with Crippen LogP contribution >= 0.6 is 0 Å². The Bertz CT molecular complexity index is 2250. The summed E-state index contributed by atoms with van der Waals surface area (Å²) >= 11 is 0. The molecule has 1 aliphatic carbocycles. The average Bonchev–Trinajstić information content (AvgIpc) is 3.86. The van der Waals surface area contributed by atoms with Crippen LogP contribution in [-0.2, 0) is 46.0 Å². The number of aromatic amines is 1. The lowest BCUT2D eigenvalue weighted by molar-refractivity contribution is -0.212. The highest BCUT2D eigenvalue weighted by Crippen LogP contribution is 2.65. The second-order valence-electron chi connectivity index (χ2n) is 17.1. The van der Waals surface area contributed by atoms with Gasteiger partial charge in [-0.25, -0.2) is 4.79 Å². The van der Waals surface area contributed by atoms with Gasteiger partial charge in [-0.3, -0.25) is 19.4 Å². The Morgan fingerprint density at radius 1 is 1.00 bits per heavy atom. The second-order valence-corrected chi connectivity index (χ2v) is 17.1. The van der Waals surface area contributed by atoms with Gasteiger partial charge in [-0.1, -0.05) is 55.3 Å². The molecule has 0 amide bonds. The average molecular weight is 779 g/mol. The molecule has 1 spiro atoms. The molecule has 302 valence electrons. The highest BCUT2D eigenvalue weighted by atomic mass is 16.6. The summed E-state index contributed by atoms with van der Waals surface area (Å²) in [5.74, 6) is -1.78. The van der Waals surface area contributed by atoms with E-state index >= 15 is 4.79 Å². The number of carbonyl (C=O) groups excluding carboxylic acids is 3. The van der Waals surface area contributed by atoms with Gasteiger partial charge < -0.3 is 33.9 Å². The van der Waals surface area contributed by atoms with E-state index in [0.29, 0.717) is 50.2 Å². The topological polar surface area (TPSA) is 134 Å². The number of likely N-dealkylation sites (N-methyl/N-ethyl adjacent to an activating group) is 1. The zero-order valence-electron chi connectivity index (χ0n) is 34.0. The fourth-order valence-electron chi connectivity index (χ4n) is 12.6. The van der Waals surface area contributed by atoms with Crippen molar-refractivity contribution < 1.29 is 38.4 Å². The summed E-state index contributed by atoms with van der Waals surface area (Å²) in [5, 5.41) is 14.3. The lowest BCUT2D eigenvalue weighted by Gasteiger charge is -2.59. The Labute approximate surface area is 333 Å². The number of carbonyl (C=O) groups is 3. The normalized spacial score (nSPS) is 33.8. The molecule has 6 heterocycles. The van der Waals surface area contributed by atoms with Gasteiger partial charge in [0.15, 0.2) is 6.10 Å². The minimum atomic E-state index is -2.25. The van der Waals surface area contributed by atoms with Gasteiger partial charge in [0.25, 0.3) is 0 Å². The minimum Gasteiger partial charge on any atom is -0.496 e. The number of anilines is 1. The fraction of sp³-hybridized carbons (Fsp3) is 0.533. The molecule has 9 rings (SSSR count). The van der Waals surface area contributed by atoms with E-state index in [1.807, 2.05) is 30.1 Å². The van der Waals surface area contributed by atoms with E-state index in [0.717, 1.165) is 58.5 Å². The van der Waals surface area contributed by atoms with E-state index in [1.54, 1.807) is 7.11 Å². The first-order valence-electron chi connectivity index (χ1n) is 20.4. The molecule has 2 fully saturated rings. The highest BCUT2D eigenvalue weighted by Gasteiger charge is 2.77. The Balaban J connectivity index is 1.36. The lowest BCUT2D eigenvalue weighted by atomic mass is 9.52. The van der Waals surface area contributed by atoms with Gasteiger partial charge in [-0.15, -0.1) is 0 Å². The number of benzene rings is 2. The number of ether oxygens (including phenoxy) is 4. The Kier molecular flexibility index (Phi) is 8.95. The van der Waals surface area contributed by atoms with Crippen molar-refractivity contribution in [2.45, 2.75) is 87.6 Å². The van der Waals surface area contributed by atoms with Crippen molar-refractivity contribution in [3.05, 3.63) is 82.1 Å². The number of nitrogens with zero attached hydrogens (tertiary/aromatic N) is 3. The number of esters is 3. The predicted octanol–water partition coefficient (Wildman–Crippen LogP) is 4.75. The number of rotatable bonds is 7. The molecule has 4 unspecified atom stereocenters. The van der Waals surface area contributed by atoms with E-state index in [1.165, 1.54) is 26.7 Å². The molecule has 12 heteroatoms. The zero-order chi connectivity index (χ0) is 40.2. The second kappa shape index (κ2) is 13.5. The van der Waals surface area contributed by atoms with Crippen LogP contribution in [0.3, 0.4) is 0 Å². The summed E-state index contributed by atoms with van der Waals surface area (Å²) in [4.78, 5) is 53.0. The van der Waals surface area contributed by atoms with Crippen LogP contribution in [0.1, 0.15) is 68.8 Å². The number of fused-ring (bicyclic) bond motifs is 6. The number of nitrogens with one attached hydrogen (secondary N) is 1. The van der Waals surface area contributed by atoms with Crippen LogP contribution in [0.15, 0.2) is 59.7 Å². The number of hydrogen-bond donors (Lipinski definition) is 2. The third-order valence-corrected chi connectivity index (χ3v) is 14.6. The van der Waals surface area contributed by atoms with Gasteiger partial charge in [0, 0.05) is 91.4 Å². The van der Waals surface area contributed by atoms with Gasteiger partial charge in [0.1, 0.15) is 11.2 Å². The van der Waals surface area contributed by atoms with Gasteiger partial charge >= 0.3 is 17.9 Å². The van der Waals surface area contributed by atoms with Crippen molar-refractivity contribution >= 4 is 34.5 Å². The van der Waals surface area contributed by atoms with Crippen LogP contribution < -0.4 is 9.64 Å². The van der Waals surface area contributed by atoms with Crippen LogP contribution in [0.25, 0.3) is 10.9 Å². The van der Waals surface area contributed by atoms with E-state index in [2.05, 4.69) is 59.0 Å². The van der Waals surface area contributed by atoms with Crippen molar-refractivity contribution in [1.82, 2.24) is 14.8 Å². The minimum absolute atomic E-state index is 0.0319. The van der Waals surface area contributed by atoms with Crippen LogP contribution in [0.5, 0.6) is 5.75 Å². The molecule has 0 radical (unpaired) electrons. The molecule has 2 aromatic carbocycles. The third kappa shape index (κ3) is 4.99. The van der Waals surface area contributed by atoms with E-state index in [9.17, 15) is 14.7 Å². The van der Waals surface area contributed by atoms with E-state index < -0.39 is 46.4 Å². The zero-order valence-corrected chi connectivity index (χ0v) is 34.0. The maximum atomic E-state index is 15.2. The maximum Gasteiger partial charge on any atom is 0.344 e. The summed E-state index contributed by atoms with van der Waals surface area (Å²) in [6, 6.07) is 11.2. The largest absolute Gasteiger partial charge is 0.496 e. The highest BCUT2D eigenvalue weighted by molar-refractivity contribution is 5.95. The van der Waals surface area contributed by atoms with Crippen LogP contribution in [0, 0.1) is 11.8 Å². The molecule has 2 N–H and O–H groups in total. The molecule has 3 aromatic rings. The van der Waals surface area contributed by atoms with Crippen LogP contribution in [0.2, 0.25) is 0 Å². The molecule has 2 bridgehead atoms. The van der Waals surface area contributed by atoms with Gasteiger partial charge in [-0.05, 0) is 61.4 Å². The van der Waals surface area contributed by atoms with Crippen molar-refractivity contribution in [3.63, 3.8) is 0 Å². The molecule has 12 nitrogen and oxygen atoms in total. The molecule has 1 saturated heterocycles. The number of hydrogen-bond acceptors (Lipinski definition) is 11. The summed E-state index contributed by atoms with van der Waals surface area (Å²) in [6.45, 7) is 9.28. The predicted molar refractivity (Wildman–Crippen MR) is 214 cm³/mol. The Morgan fingerprint density at radius 2 is 1.77 bits per heavy atom. The monoisotopic (exact) mass is 778 g/mol. The smallest absolute Gasteiger partial charge is 0.344 e. The van der Waals surface area contributed by atoms with E-state index in [-0.39, 0.29) is 17.9 Å². The summed E-state index contributed by atoms with van der Waals surface area (Å²) < 4.78 is 23.8. The molecule has 9 atom stereocenters. The number of aromatic nitrogens is 1. The quantitative estimate of drug-likeness (QED) is 0.196. The Hall–Kier alpha value is -4.65. The molecule has 57 heavy (non-hydrogen) atoms. The number of H-pyrrole nitrogens is 1. The van der Waals surface area contributed by atoms with Crippen molar-refractivity contribution in [2.24, 2.45) is 11.8 Å². The SMILES string of the molecule is CCC1=CC2CN(C1)Cc1c([nH]c3ccccc13)C(C(=O)OC)(c1cc3c(cc1OC)N(C)[C@H]1[C@@](O)(C(=O)OC)[C@H](OC(C)=O)C4C(CC)=CCN5CC[C@]31[C@@H]45)C2. The number of methoxy groups -OCH3 is 3. The molecular formula is C45H54N4O8. The first-order chi connectivity index (χ1) is 27.4. The third-order valence-electron chi connectivity index (χ3n) is 14.6. The summed E-state index contributed by atoms with van der Waals surface area (Å²) in [6.07, 6.45) is 5.94. The van der Waals surface area contributed by atoms with E-state index in [4.69, 9.17) is 18.9 Å². The Morgan fingerprint density at radius 3 is 2.47 bits per heavy atom. The van der Waals surface area contributed by atoms with Crippen LogP contribution in [-0.4, -0.2) is 116 Å². The number of aliphatic hydroxyl groups is 1. The standard InChI is InChI=1S/C45H54N4O8/c1-8-26-18-27-21-44(41(51)55-6,37-30(24-48(22-26)23-27)29-12-10-11-13-33(29)46-37)32-19-31-34(20-35(32)54-5)47(4)40-43(31)15-17-49-16-14-28(9-2)36(38(43)49)39(57-25(3)50)45(40,53)42(52)56-7/h10-14,18-20,27,36,38-40,46,53H,8-9,15-17,21-24H2,1-7H3/t27?,36?,38-,39-,40-,43-,44?,45-/m1/s1. The van der Waals surface area contributed by atoms with Crippen LogP contribution in [0.4, 0.5) is 5.69 Å². The first kappa shape index (κ1) is 37.9. The number of para-hydroxylation sites is 1. The molecule has 1 saturated carbocycles. The van der Waals surface area contributed by atoms with Gasteiger partial charge in [-0.2, -0.15) is 0 Å². The molecule has 6 aliphatic rings. The van der Waals surface area contributed by atoms with Gasteiger partial charge in [0.05, 0.1) is 27.4 Å². The van der Waals surface area contributed by atoms with Crippen molar-refractivity contribution in [3.8, 4) is 5.75 Å². The summed E-state index contributed by atoms with van der Waals surface area (Å²) in [5.41, 5.74) is 3.13. The lowest BCUT2D eigenvalue weighted by Crippen LogP contribution is -2.78. The first-order valence-corrected chi connectivity index (χ1v) is 20.4. The summed E-state index contributed by atoms with van der Waals surface area (Å²) in [7, 11) is 6.23. The molecule has 5 aliphatic heterocycles. The molecule has 1 aromatic heterocycles. The fourth-order valence-corrected chi connectivity index (χ4v) is 12.6. The molecular weight excluding hydrogens is 725 g/mol.